The number of benzene rings is 11. The van der Waals surface area contributed by atoms with E-state index < -0.39 is 0 Å². The van der Waals surface area contributed by atoms with Crippen molar-refractivity contribution in [2.75, 3.05) is 4.90 Å². The first-order valence-corrected chi connectivity index (χ1v) is 20.2. The Morgan fingerprint density at radius 2 is 0.983 bits per heavy atom. The number of para-hydroxylation sites is 2. The lowest BCUT2D eigenvalue weighted by Gasteiger charge is -2.34. The van der Waals surface area contributed by atoms with Gasteiger partial charge in [-0.3, -0.25) is 0 Å². The number of hydrogen-bond acceptors (Lipinski definition) is 3. The molecule has 0 spiro atoms. The zero-order valence-electron chi connectivity index (χ0n) is 31.8. The quantitative estimate of drug-likeness (QED) is 0.168. The fourth-order valence-electron chi connectivity index (χ4n) is 9.67. The van der Waals surface area contributed by atoms with Crippen LogP contribution >= 0.6 is 0 Å². The van der Waals surface area contributed by atoms with Crippen LogP contribution in [-0.2, 0) is 0 Å². The van der Waals surface area contributed by atoms with Crippen LogP contribution in [0.5, 0.6) is 11.5 Å². The van der Waals surface area contributed by atoms with Gasteiger partial charge in [0.25, 0.3) is 0 Å². The molecule has 1 aliphatic heterocycles. The third kappa shape index (κ3) is 4.76. The fraction of sp³-hybridized carbons (Fsp3) is 0. The SMILES string of the molecule is c1ccc(-c2ccc3ccc4c(-c5ccc(N6c7cc(-c8cccc9c8oc8ccccc89)ccc7Oc7c6ccc6ccccc76)cc5)ccc5ccc2c3c54)cc1. The molecule has 0 unspecified atom stereocenters. The molecule has 0 atom stereocenters. The number of rotatable bonds is 4. The average molecular weight is 752 g/mol. The lowest BCUT2D eigenvalue weighted by atomic mass is 9.87. The minimum absolute atomic E-state index is 0.806. The molecule has 11 aromatic carbocycles. The van der Waals surface area contributed by atoms with E-state index in [4.69, 9.17) is 9.15 Å². The highest BCUT2D eigenvalue weighted by molar-refractivity contribution is 6.27. The van der Waals surface area contributed by atoms with Crippen molar-refractivity contribution in [2.45, 2.75) is 0 Å². The van der Waals surface area contributed by atoms with Gasteiger partial charge >= 0.3 is 0 Å². The van der Waals surface area contributed by atoms with E-state index in [1.807, 2.05) is 12.1 Å². The van der Waals surface area contributed by atoms with Gasteiger partial charge in [-0.1, -0.05) is 164 Å². The summed E-state index contributed by atoms with van der Waals surface area (Å²) in [7, 11) is 0. The van der Waals surface area contributed by atoms with Gasteiger partial charge in [0.05, 0.1) is 11.4 Å². The molecule has 59 heavy (non-hydrogen) atoms. The Morgan fingerprint density at radius 3 is 1.76 bits per heavy atom. The highest BCUT2D eigenvalue weighted by Crippen LogP contribution is 2.54. The standard InChI is InChI=1S/C56H33NO2/c1-2-9-34(10-3-1)41-27-19-37-22-30-47-42(28-20-38-21-29-46(41)53(37)54(38)47)36-17-25-40(26-18-36)57-49-31-23-35-11-4-5-12-43(35)56(49)59-52-32-24-39(33-50(52)57)44-14-8-15-48-45-13-6-7-16-51(45)58-55(44)48/h1-33H. The Bertz CT molecular complexity index is 3640. The number of furan rings is 1. The zero-order valence-corrected chi connectivity index (χ0v) is 31.8. The maximum absolute atomic E-state index is 6.84. The molecule has 1 aromatic heterocycles. The van der Waals surface area contributed by atoms with Crippen molar-refractivity contribution in [1.29, 1.82) is 0 Å². The topological polar surface area (TPSA) is 25.6 Å². The van der Waals surface area contributed by atoms with Crippen molar-refractivity contribution in [3.8, 4) is 44.9 Å². The first-order chi connectivity index (χ1) is 29.2. The molecule has 13 rings (SSSR count). The number of nitrogens with zero attached hydrogens (tertiary/aromatic N) is 1. The Labute approximate surface area is 339 Å². The zero-order chi connectivity index (χ0) is 38.6. The lowest BCUT2D eigenvalue weighted by Crippen LogP contribution is -2.16. The molecule has 0 radical (unpaired) electrons. The summed E-state index contributed by atoms with van der Waals surface area (Å²) in [5.74, 6) is 1.66. The maximum atomic E-state index is 6.84. The summed E-state index contributed by atoms with van der Waals surface area (Å²) in [4.78, 5) is 2.35. The molecule has 0 saturated heterocycles. The van der Waals surface area contributed by atoms with E-state index in [0.29, 0.717) is 0 Å². The van der Waals surface area contributed by atoms with Gasteiger partial charge in [-0.25, -0.2) is 0 Å². The van der Waals surface area contributed by atoms with Crippen molar-refractivity contribution < 1.29 is 9.15 Å². The van der Waals surface area contributed by atoms with E-state index in [-0.39, 0.29) is 0 Å². The van der Waals surface area contributed by atoms with Crippen LogP contribution in [0.15, 0.2) is 205 Å². The van der Waals surface area contributed by atoms with Crippen LogP contribution in [0.2, 0.25) is 0 Å². The van der Waals surface area contributed by atoms with E-state index in [2.05, 4.69) is 193 Å². The van der Waals surface area contributed by atoms with Crippen LogP contribution in [0.4, 0.5) is 17.1 Å². The highest BCUT2D eigenvalue weighted by Gasteiger charge is 2.29. The normalized spacial score (nSPS) is 12.5. The minimum atomic E-state index is 0.806. The van der Waals surface area contributed by atoms with Gasteiger partial charge in [0.15, 0.2) is 11.5 Å². The fourth-order valence-corrected chi connectivity index (χ4v) is 9.67. The van der Waals surface area contributed by atoms with Crippen molar-refractivity contribution in [1.82, 2.24) is 0 Å². The van der Waals surface area contributed by atoms with E-state index in [9.17, 15) is 0 Å². The molecule has 3 nitrogen and oxygen atoms in total. The largest absolute Gasteiger partial charge is 0.455 e. The number of anilines is 3. The Morgan fingerprint density at radius 1 is 0.356 bits per heavy atom. The second-order valence-corrected chi connectivity index (χ2v) is 15.6. The third-order valence-electron chi connectivity index (χ3n) is 12.4. The molecule has 2 heterocycles. The van der Waals surface area contributed by atoms with Crippen LogP contribution in [0.1, 0.15) is 0 Å². The summed E-state index contributed by atoms with van der Waals surface area (Å²) < 4.78 is 13.3. The van der Waals surface area contributed by atoms with Crippen LogP contribution < -0.4 is 9.64 Å². The van der Waals surface area contributed by atoms with Gasteiger partial charge in [0.2, 0.25) is 0 Å². The summed E-state index contributed by atoms with van der Waals surface area (Å²) in [6, 6.07) is 72.0. The molecule has 0 aliphatic carbocycles. The molecule has 0 bridgehead atoms. The Kier molecular flexibility index (Phi) is 6.72. The van der Waals surface area contributed by atoms with Gasteiger partial charge in [-0.05, 0) is 102 Å². The smallest absolute Gasteiger partial charge is 0.159 e. The lowest BCUT2D eigenvalue weighted by molar-refractivity contribution is 0.482. The van der Waals surface area contributed by atoms with Crippen LogP contribution in [-0.4, -0.2) is 0 Å². The third-order valence-corrected chi connectivity index (χ3v) is 12.4. The Balaban J connectivity index is 0.969. The summed E-state index contributed by atoms with van der Waals surface area (Å²) in [5, 5.41) is 12.2. The number of hydrogen-bond donors (Lipinski definition) is 0. The van der Waals surface area contributed by atoms with Gasteiger partial charge in [-0.2, -0.15) is 0 Å². The molecule has 12 aromatic rings. The van der Waals surface area contributed by atoms with Crippen molar-refractivity contribution in [2.24, 2.45) is 0 Å². The number of fused-ring (bicyclic) bond motifs is 7. The minimum Gasteiger partial charge on any atom is -0.455 e. The van der Waals surface area contributed by atoms with Gasteiger partial charge in [0, 0.05) is 27.4 Å². The molecule has 3 heteroatoms. The van der Waals surface area contributed by atoms with Crippen molar-refractivity contribution in [3.63, 3.8) is 0 Å². The molecule has 274 valence electrons. The van der Waals surface area contributed by atoms with E-state index in [1.54, 1.807) is 0 Å². The second-order valence-electron chi connectivity index (χ2n) is 15.6. The summed E-state index contributed by atoms with van der Waals surface area (Å²) in [5.41, 5.74) is 11.8. The summed E-state index contributed by atoms with van der Waals surface area (Å²) in [6.07, 6.45) is 0. The van der Waals surface area contributed by atoms with Gasteiger partial charge < -0.3 is 14.1 Å². The van der Waals surface area contributed by atoms with E-state index in [1.165, 1.54) is 54.6 Å². The molecule has 1 aliphatic rings. The monoisotopic (exact) mass is 751 g/mol. The highest BCUT2D eigenvalue weighted by atomic mass is 16.5. The predicted molar refractivity (Wildman–Crippen MR) is 246 cm³/mol. The molecule has 0 fully saturated rings. The van der Waals surface area contributed by atoms with E-state index in [0.717, 1.165) is 72.4 Å². The average Bonchev–Trinajstić information content (AvgIpc) is 3.69. The molecular formula is C56H33NO2. The maximum Gasteiger partial charge on any atom is 0.159 e. The molecular weight excluding hydrogens is 719 g/mol. The first-order valence-electron chi connectivity index (χ1n) is 20.2. The number of ether oxygens (including phenoxy) is 1. The summed E-state index contributed by atoms with van der Waals surface area (Å²) in [6.45, 7) is 0. The van der Waals surface area contributed by atoms with E-state index >= 15 is 0 Å². The predicted octanol–water partition coefficient (Wildman–Crippen LogP) is 16.2. The molecule has 0 amide bonds. The van der Waals surface area contributed by atoms with Crippen molar-refractivity contribution >= 4 is 82.1 Å². The second kappa shape index (κ2) is 12.3. The summed E-state index contributed by atoms with van der Waals surface area (Å²) >= 11 is 0. The van der Waals surface area contributed by atoms with Crippen LogP contribution in [0.3, 0.4) is 0 Å². The van der Waals surface area contributed by atoms with Crippen LogP contribution in [0.25, 0.3) is 98.4 Å². The molecule has 0 saturated carbocycles. The Hall–Kier alpha value is -7.88. The van der Waals surface area contributed by atoms with Gasteiger partial charge in [0.1, 0.15) is 11.2 Å². The van der Waals surface area contributed by atoms with Crippen LogP contribution in [0, 0.1) is 0 Å². The van der Waals surface area contributed by atoms with Gasteiger partial charge in [-0.15, -0.1) is 0 Å². The van der Waals surface area contributed by atoms with Crippen molar-refractivity contribution in [3.05, 3.63) is 200 Å². The first kappa shape index (κ1) is 32.2. The molecule has 0 N–H and O–H groups in total.